The number of rotatable bonds is 4. The molecular weight excluding hydrogens is 150 g/mol. The van der Waals surface area contributed by atoms with Crippen LogP contribution in [0, 0.1) is 0 Å². The van der Waals surface area contributed by atoms with E-state index in [9.17, 15) is 8.78 Å². The van der Waals surface area contributed by atoms with Crippen LogP contribution in [0.5, 0.6) is 0 Å². The Hall–Kier alpha value is -0.440. The van der Waals surface area contributed by atoms with E-state index in [1.165, 1.54) is 6.08 Å². The molecule has 0 aromatic heterocycles. The number of ether oxygens (including phenoxy) is 1. The first-order chi connectivity index (χ1) is 5.06. The lowest BCUT2D eigenvalue weighted by Gasteiger charge is -2.08. The smallest absolute Gasteiger partial charge is 0.320 e. The summed E-state index contributed by atoms with van der Waals surface area (Å²) in [4.78, 5) is 0. The van der Waals surface area contributed by atoms with Crippen LogP contribution in [0.15, 0.2) is 12.7 Å². The van der Waals surface area contributed by atoms with E-state index in [1.807, 2.05) is 13.8 Å². The summed E-state index contributed by atoms with van der Waals surface area (Å²) in [6.07, 6.45) is -1.00. The Kier molecular flexibility index (Phi) is 9.18. The lowest BCUT2D eigenvalue weighted by atomic mass is 10.4. The number of alkyl halides is 2. The van der Waals surface area contributed by atoms with E-state index in [-0.39, 0.29) is 6.61 Å². The topological polar surface area (TPSA) is 9.23 Å². The Balaban J connectivity index is 0. The zero-order chi connectivity index (χ0) is 9.33. The molecule has 0 heterocycles. The first kappa shape index (κ1) is 13.2. The van der Waals surface area contributed by atoms with E-state index in [4.69, 9.17) is 0 Å². The van der Waals surface area contributed by atoms with Crippen LogP contribution >= 0.6 is 0 Å². The van der Waals surface area contributed by atoms with Crippen molar-refractivity contribution in [2.75, 3.05) is 6.61 Å². The first-order valence-electron chi connectivity index (χ1n) is 3.69. The SMILES string of the molecule is C=CCCOC(C)(F)F.CC. The van der Waals surface area contributed by atoms with Gasteiger partial charge in [-0.25, -0.2) is 0 Å². The highest BCUT2D eigenvalue weighted by Crippen LogP contribution is 2.12. The van der Waals surface area contributed by atoms with Gasteiger partial charge in [0.05, 0.1) is 6.61 Å². The Labute approximate surface area is 67.1 Å². The number of hydrogen-bond donors (Lipinski definition) is 0. The van der Waals surface area contributed by atoms with E-state index < -0.39 is 6.11 Å². The Morgan fingerprint density at radius 2 is 1.91 bits per heavy atom. The van der Waals surface area contributed by atoms with Crippen LogP contribution < -0.4 is 0 Å². The van der Waals surface area contributed by atoms with Crippen LogP contribution in [0.1, 0.15) is 27.2 Å². The predicted molar refractivity (Wildman–Crippen MR) is 42.7 cm³/mol. The van der Waals surface area contributed by atoms with Crippen molar-refractivity contribution >= 4 is 0 Å². The predicted octanol–water partition coefficient (Wildman–Crippen LogP) is 3.22. The molecule has 0 aliphatic rings. The van der Waals surface area contributed by atoms with Gasteiger partial charge < -0.3 is 4.74 Å². The Morgan fingerprint density at radius 1 is 1.45 bits per heavy atom. The molecule has 0 saturated heterocycles. The molecule has 0 aromatic carbocycles. The van der Waals surface area contributed by atoms with Crippen molar-refractivity contribution in [2.24, 2.45) is 0 Å². The van der Waals surface area contributed by atoms with Gasteiger partial charge in [0.1, 0.15) is 0 Å². The van der Waals surface area contributed by atoms with Crippen molar-refractivity contribution in [3.63, 3.8) is 0 Å². The third kappa shape index (κ3) is 17.7. The lowest BCUT2D eigenvalue weighted by Crippen LogP contribution is -2.15. The molecule has 0 saturated carbocycles. The Morgan fingerprint density at radius 3 is 2.18 bits per heavy atom. The van der Waals surface area contributed by atoms with Gasteiger partial charge in [0.15, 0.2) is 0 Å². The highest BCUT2D eigenvalue weighted by Gasteiger charge is 2.20. The van der Waals surface area contributed by atoms with Gasteiger partial charge in [0.25, 0.3) is 0 Å². The van der Waals surface area contributed by atoms with Gasteiger partial charge in [0, 0.05) is 6.92 Å². The molecule has 0 amide bonds. The van der Waals surface area contributed by atoms with Crippen molar-refractivity contribution in [3.05, 3.63) is 12.7 Å². The van der Waals surface area contributed by atoms with Crippen LogP contribution in [-0.2, 0) is 4.74 Å². The molecule has 1 nitrogen and oxygen atoms in total. The molecule has 0 rings (SSSR count). The first-order valence-corrected chi connectivity index (χ1v) is 3.69. The summed E-state index contributed by atoms with van der Waals surface area (Å²) < 4.78 is 27.6. The summed E-state index contributed by atoms with van der Waals surface area (Å²) in [5.74, 6) is 0. The number of halogens is 2. The van der Waals surface area contributed by atoms with E-state index in [1.54, 1.807) is 0 Å². The van der Waals surface area contributed by atoms with E-state index in [2.05, 4.69) is 11.3 Å². The molecule has 0 fully saturated rings. The fraction of sp³-hybridized carbons (Fsp3) is 0.750. The fourth-order valence-electron chi connectivity index (χ4n) is 0.321. The zero-order valence-electron chi connectivity index (χ0n) is 7.36. The van der Waals surface area contributed by atoms with Crippen molar-refractivity contribution in [1.29, 1.82) is 0 Å². The molecular formula is C8H16F2O. The quantitative estimate of drug-likeness (QED) is 0.460. The monoisotopic (exact) mass is 166 g/mol. The lowest BCUT2D eigenvalue weighted by molar-refractivity contribution is -0.222. The minimum absolute atomic E-state index is 0.0347. The maximum atomic E-state index is 11.8. The van der Waals surface area contributed by atoms with Gasteiger partial charge in [-0.1, -0.05) is 19.9 Å². The molecule has 0 radical (unpaired) electrons. The summed E-state index contributed by atoms with van der Waals surface area (Å²) in [5, 5.41) is 0. The van der Waals surface area contributed by atoms with Crippen LogP contribution in [0.25, 0.3) is 0 Å². The third-order valence-corrected chi connectivity index (χ3v) is 0.677. The maximum absolute atomic E-state index is 11.8. The molecule has 0 aliphatic carbocycles. The van der Waals surface area contributed by atoms with Crippen molar-refractivity contribution in [3.8, 4) is 0 Å². The molecule has 0 aliphatic heterocycles. The average molecular weight is 166 g/mol. The van der Waals surface area contributed by atoms with Crippen molar-refractivity contribution < 1.29 is 13.5 Å². The van der Waals surface area contributed by atoms with Crippen LogP contribution in [0.4, 0.5) is 8.78 Å². The Bertz CT molecular complexity index is 86.6. The van der Waals surface area contributed by atoms with Crippen molar-refractivity contribution in [2.45, 2.75) is 33.3 Å². The molecule has 0 unspecified atom stereocenters. The van der Waals surface area contributed by atoms with Gasteiger partial charge in [-0.3, -0.25) is 0 Å². The fourth-order valence-corrected chi connectivity index (χ4v) is 0.321. The molecule has 68 valence electrons. The standard InChI is InChI=1S/C6H10F2O.C2H6/c1-3-4-5-9-6(2,7)8;1-2/h3H,1,4-5H2,2H3;1-2H3. The second-order valence-corrected chi connectivity index (χ2v) is 1.73. The maximum Gasteiger partial charge on any atom is 0.352 e. The summed E-state index contributed by atoms with van der Waals surface area (Å²) >= 11 is 0. The molecule has 3 heteroatoms. The average Bonchev–Trinajstić information content (AvgIpc) is 1.90. The normalized spacial score (nSPS) is 9.91. The molecule has 11 heavy (non-hydrogen) atoms. The highest BCUT2D eigenvalue weighted by atomic mass is 19.3. The van der Waals surface area contributed by atoms with Gasteiger partial charge in [-0.2, -0.15) is 8.78 Å². The van der Waals surface area contributed by atoms with Crippen LogP contribution in [0.2, 0.25) is 0 Å². The second-order valence-electron chi connectivity index (χ2n) is 1.73. The minimum Gasteiger partial charge on any atom is -0.320 e. The van der Waals surface area contributed by atoms with E-state index in [0.29, 0.717) is 6.42 Å². The third-order valence-electron chi connectivity index (χ3n) is 0.677. The molecule has 0 atom stereocenters. The number of hydrogen-bond acceptors (Lipinski definition) is 1. The van der Waals surface area contributed by atoms with Crippen molar-refractivity contribution in [1.82, 2.24) is 0 Å². The van der Waals surface area contributed by atoms with E-state index in [0.717, 1.165) is 6.92 Å². The summed E-state index contributed by atoms with van der Waals surface area (Å²) in [7, 11) is 0. The molecule has 0 aromatic rings. The largest absolute Gasteiger partial charge is 0.352 e. The second kappa shape index (κ2) is 7.66. The molecule has 0 spiro atoms. The van der Waals surface area contributed by atoms with Gasteiger partial charge in [0.2, 0.25) is 0 Å². The van der Waals surface area contributed by atoms with Crippen LogP contribution in [-0.4, -0.2) is 12.7 Å². The zero-order valence-corrected chi connectivity index (χ0v) is 7.36. The summed E-state index contributed by atoms with van der Waals surface area (Å²) in [5.41, 5.74) is 0. The van der Waals surface area contributed by atoms with Crippen LogP contribution in [0.3, 0.4) is 0 Å². The summed E-state index contributed by atoms with van der Waals surface area (Å²) in [6.45, 7) is 8.11. The van der Waals surface area contributed by atoms with E-state index >= 15 is 0 Å². The molecule has 0 N–H and O–H groups in total. The van der Waals surface area contributed by atoms with Gasteiger partial charge in [-0.05, 0) is 6.42 Å². The van der Waals surface area contributed by atoms with Gasteiger partial charge in [-0.15, -0.1) is 6.58 Å². The highest BCUT2D eigenvalue weighted by molar-refractivity contribution is 4.64. The minimum atomic E-state index is -3.00. The van der Waals surface area contributed by atoms with Gasteiger partial charge >= 0.3 is 6.11 Å². The summed E-state index contributed by atoms with van der Waals surface area (Å²) in [6, 6.07) is 0. The molecule has 0 bridgehead atoms.